The van der Waals surface area contributed by atoms with E-state index in [4.69, 9.17) is 0 Å². The van der Waals surface area contributed by atoms with Gasteiger partial charge in [0.2, 0.25) is 0 Å². The van der Waals surface area contributed by atoms with E-state index in [9.17, 15) is 0 Å². The molecule has 74 heavy (non-hydrogen) atoms. The zero-order valence-corrected chi connectivity index (χ0v) is 40.9. The van der Waals surface area contributed by atoms with Gasteiger partial charge >= 0.3 is 0 Å². The first-order valence-electron chi connectivity index (χ1n) is 25.3. The van der Waals surface area contributed by atoms with Crippen LogP contribution >= 0.6 is 0 Å². The highest BCUT2D eigenvalue weighted by Crippen LogP contribution is 2.41. The van der Waals surface area contributed by atoms with Gasteiger partial charge < -0.3 is 9.80 Å². The fraction of sp³-hybridized carbons (Fsp3) is 0. The molecule has 0 unspecified atom stereocenters. The number of nitrogens with zero attached hydrogens (tertiary/aromatic N) is 2. The van der Waals surface area contributed by atoms with Crippen molar-refractivity contribution in [2.24, 2.45) is 0 Å². The molecule has 0 fully saturated rings. The van der Waals surface area contributed by atoms with E-state index in [-0.39, 0.29) is 0 Å². The topological polar surface area (TPSA) is 6.48 Å². The molecular weight excluding hydrogens is 893 g/mol. The van der Waals surface area contributed by atoms with Crippen LogP contribution in [0.25, 0.3) is 77.9 Å². The monoisotopic (exact) mass is 944 g/mol. The molecule has 12 aromatic rings. The van der Waals surface area contributed by atoms with Gasteiger partial charge in [-0.25, -0.2) is 0 Å². The predicted molar refractivity (Wildman–Crippen MR) is 314 cm³/mol. The number of rotatable bonds is 13. The summed E-state index contributed by atoms with van der Waals surface area (Å²) < 4.78 is 0. The van der Waals surface area contributed by atoms with Gasteiger partial charge in [0.25, 0.3) is 0 Å². The van der Waals surface area contributed by atoms with Crippen LogP contribution in [0.3, 0.4) is 0 Å². The number of benzene rings is 12. The fourth-order valence-electron chi connectivity index (χ4n) is 9.99. The lowest BCUT2D eigenvalue weighted by atomic mass is 9.96. The van der Waals surface area contributed by atoms with Gasteiger partial charge in [-0.05, 0) is 163 Å². The molecule has 350 valence electrons. The Morgan fingerprint density at radius 2 is 0.270 bits per heavy atom. The quantitative estimate of drug-likeness (QED) is 0.114. The largest absolute Gasteiger partial charge is 0.311 e. The van der Waals surface area contributed by atoms with Crippen molar-refractivity contribution in [1.82, 2.24) is 0 Å². The maximum Gasteiger partial charge on any atom is 0.0462 e. The SMILES string of the molecule is c1ccc(-c2ccc(N(c3ccc(-c4ccccc4)cc3)c3ccc(-c4cccc(-c5cccc(-c6ccc(N(c7ccc(-c8ccccc8)cc7)c7ccc(-c8ccccc8)cc7)cc6)c5)c4)cc3)cc2)cc1. The third-order valence-electron chi connectivity index (χ3n) is 13.9. The molecular formula is C72H52N2. The number of hydrogen-bond donors (Lipinski definition) is 0. The van der Waals surface area contributed by atoms with Gasteiger partial charge in [-0.1, -0.05) is 231 Å². The molecule has 0 heterocycles. The molecule has 0 N–H and O–H groups in total. The van der Waals surface area contributed by atoms with Crippen molar-refractivity contribution < 1.29 is 0 Å². The Morgan fingerprint density at radius 1 is 0.122 bits per heavy atom. The van der Waals surface area contributed by atoms with Crippen LogP contribution in [0.2, 0.25) is 0 Å². The molecule has 2 nitrogen and oxygen atoms in total. The van der Waals surface area contributed by atoms with Crippen LogP contribution in [0.1, 0.15) is 0 Å². The smallest absolute Gasteiger partial charge is 0.0462 e. The molecule has 12 aromatic carbocycles. The molecule has 0 aliphatic rings. The van der Waals surface area contributed by atoms with E-state index in [2.05, 4.69) is 325 Å². The van der Waals surface area contributed by atoms with E-state index in [1.54, 1.807) is 0 Å². The zero-order valence-electron chi connectivity index (χ0n) is 40.9. The first kappa shape index (κ1) is 45.4. The molecule has 12 rings (SSSR count). The Balaban J connectivity index is 0.813. The molecule has 0 bridgehead atoms. The van der Waals surface area contributed by atoms with Gasteiger partial charge in [-0.2, -0.15) is 0 Å². The highest BCUT2D eigenvalue weighted by atomic mass is 15.1. The Labute approximate surface area is 435 Å². The summed E-state index contributed by atoms with van der Waals surface area (Å²) in [5.41, 5.74) is 23.2. The molecule has 0 aromatic heterocycles. The van der Waals surface area contributed by atoms with E-state index in [1.165, 1.54) is 66.8 Å². The van der Waals surface area contributed by atoms with Crippen LogP contribution in [0.4, 0.5) is 34.1 Å². The van der Waals surface area contributed by atoms with Crippen molar-refractivity contribution in [3.63, 3.8) is 0 Å². The first-order valence-corrected chi connectivity index (χ1v) is 25.3. The second-order valence-corrected chi connectivity index (χ2v) is 18.6. The van der Waals surface area contributed by atoms with Crippen molar-refractivity contribution >= 4 is 34.1 Å². The minimum Gasteiger partial charge on any atom is -0.311 e. The molecule has 0 atom stereocenters. The van der Waals surface area contributed by atoms with Crippen LogP contribution < -0.4 is 9.80 Å². The number of hydrogen-bond acceptors (Lipinski definition) is 2. The Hall–Kier alpha value is -9.76. The third kappa shape index (κ3) is 9.81. The van der Waals surface area contributed by atoms with E-state index < -0.39 is 0 Å². The van der Waals surface area contributed by atoms with Crippen LogP contribution in [-0.4, -0.2) is 0 Å². The Kier molecular flexibility index (Phi) is 12.8. The molecule has 0 spiro atoms. The summed E-state index contributed by atoms with van der Waals surface area (Å²) >= 11 is 0. The predicted octanol–water partition coefficient (Wildman–Crippen LogP) is 20.3. The molecule has 0 saturated heterocycles. The average Bonchev–Trinajstić information content (AvgIpc) is 3.49. The summed E-state index contributed by atoms with van der Waals surface area (Å²) in [6, 6.07) is 113. The van der Waals surface area contributed by atoms with Crippen molar-refractivity contribution in [3.05, 3.63) is 315 Å². The van der Waals surface area contributed by atoms with Gasteiger partial charge in [0, 0.05) is 34.1 Å². The summed E-state index contributed by atoms with van der Waals surface area (Å²) in [6.07, 6.45) is 0. The summed E-state index contributed by atoms with van der Waals surface area (Å²) in [7, 11) is 0. The number of anilines is 6. The van der Waals surface area contributed by atoms with Crippen LogP contribution in [-0.2, 0) is 0 Å². The molecule has 0 aliphatic carbocycles. The Bertz CT molecular complexity index is 3320. The summed E-state index contributed by atoms with van der Waals surface area (Å²) in [6.45, 7) is 0. The molecule has 0 radical (unpaired) electrons. The zero-order chi connectivity index (χ0) is 49.5. The lowest BCUT2D eigenvalue weighted by Gasteiger charge is -2.26. The van der Waals surface area contributed by atoms with Gasteiger partial charge in [0.1, 0.15) is 0 Å². The van der Waals surface area contributed by atoms with Crippen molar-refractivity contribution in [1.29, 1.82) is 0 Å². The maximum atomic E-state index is 2.34. The van der Waals surface area contributed by atoms with Crippen LogP contribution in [0, 0.1) is 0 Å². The minimum absolute atomic E-state index is 1.09. The van der Waals surface area contributed by atoms with E-state index >= 15 is 0 Å². The van der Waals surface area contributed by atoms with Crippen LogP contribution in [0.5, 0.6) is 0 Å². The highest BCUT2D eigenvalue weighted by molar-refractivity contribution is 5.84. The summed E-state index contributed by atoms with van der Waals surface area (Å²) in [5.74, 6) is 0. The lowest BCUT2D eigenvalue weighted by Crippen LogP contribution is -2.09. The van der Waals surface area contributed by atoms with E-state index in [1.807, 2.05) is 0 Å². The van der Waals surface area contributed by atoms with Crippen LogP contribution in [0.15, 0.2) is 315 Å². The minimum atomic E-state index is 1.09. The second-order valence-electron chi connectivity index (χ2n) is 18.6. The van der Waals surface area contributed by atoms with Gasteiger partial charge in [0.15, 0.2) is 0 Å². The third-order valence-corrected chi connectivity index (χ3v) is 13.9. The van der Waals surface area contributed by atoms with Crippen molar-refractivity contribution in [2.75, 3.05) is 9.80 Å². The van der Waals surface area contributed by atoms with E-state index in [0.29, 0.717) is 0 Å². The van der Waals surface area contributed by atoms with Gasteiger partial charge in [-0.15, -0.1) is 0 Å². The highest BCUT2D eigenvalue weighted by Gasteiger charge is 2.16. The molecule has 0 amide bonds. The summed E-state index contributed by atoms with van der Waals surface area (Å²) in [5, 5.41) is 0. The fourth-order valence-corrected chi connectivity index (χ4v) is 9.99. The van der Waals surface area contributed by atoms with Gasteiger partial charge in [-0.3, -0.25) is 0 Å². The Morgan fingerprint density at radius 3 is 0.473 bits per heavy atom. The van der Waals surface area contributed by atoms with Crippen molar-refractivity contribution in [2.45, 2.75) is 0 Å². The molecule has 0 saturated carbocycles. The second kappa shape index (κ2) is 20.9. The molecule has 0 aliphatic heterocycles. The summed E-state index contributed by atoms with van der Waals surface area (Å²) in [4.78, 5) is 4.68. The van der Waals surface area contributed by atoms with Crippen molar-refractivity contribution in [3.8, 4) is 77.9 Å². The first-order chi connectivity index (χ1) is 36.7. The molecule has 2 heteroatoms. The average molecular weight is 945 g/mol. The van der Waals surface area contributed by atoms with Gasteiger partial charge in [0.05, 0.1) is 0 Å². The lowest BCUT2D eigenvalue weighted by molar-refractivity contribution is 1.28. The van der Waals surface area contributed by atoms with E-state index in [0.717, 1.165) is 45.3 Å². The normalized spacial score (nSPS) is 11.0. The standard InChI is InChI=1S/C72H52N2/c1-5-15-53(16-6-1)57-27-39-67(40-28-57)73(68-41-29-58(30-42-68)54-17-7-2-8-18-54)71-47-35-61(36-48-71)63-23-13-25-65(51-63)66-26-14-24-64(52-66)62-37-49-72(50-38-62)74(69-43-31-59(32-44-69)55-19-9-3-10-20-55)70-45-33-60(34-46-70)56-21-11-4-12-22-56/h1-52H. The maximum absolute atomic E-state index is 2.34.